The van der Waals surface area contributed by atoms with Crippen molar-refractivity contribution < 1.29 is 4.79 Å². The van der Waals surface area contributed by atoms with Gasteiger partial charge in [0.15, 0.2) is 5.78 Å². The minimum Gasteiger partial charge on any atom is -0.294 e. The second kappa shape index (κ2) is 5.24. The van der Waals surface area contributed by atoms with E-state index >= 15 is 0 Å². The lowest BCUT2D eigenvalue weighted by molar-refractivity contribution is -0.113. The van der Waals surface area contributed by atoms with Gasteiger partial charge in [-0.3, -0.25) is 4.79 Å². The highest BCUT2D eigenvalue weighted by atomic mass is 16.1. The van der Waals surface area contributed by atoms with Crippen LogP contribution in [0.1, 0.15) is 31.7 Å². The largest absolute Gasteiger partial charge is 0.294 e. The lowest BCUT2D eigenvalue weighted by Crippen LogP contribution is -1.99. The fourth-order valence-electron chi connectivity index (χ4n) is 1.18. The van der Waals surface area contributed by atoms with Crippen molar-refractivity contribution >= 4 is 11.4 Å². The number of hydrogen-bond acceptors (Lipinski definition) is 1. The summed E-state index contributed by atoms with van der Waals surface area (Å²) in [5.74, 6) is 0.131. The minimum absolute atomic E-state index is 0.131. The Labute approximate surface area is 85.5 Å². The number of ketones is 1. The number of rotatable bonds is 5. The van der Waals surface area contributed by atoms with Crippen molar-refractivity contribution in [2.45, 2.75) is 26.2 Å². The molecule has 0 aromatic heterocycles. The average Bonchev–Trinajstić information content (AvgIpc) is 2.26. The van der Waals surface area contributed by atoms with Crippen LogP contribution in [-0.4, -0.2) is 5.78 Å². The van der Waals surface area contributed by atoms with Crippen molar-refractivity contribution in [1.82, 2.24) is 0 Å². The van der Waals surface area contributed by atoms with Crippen molar-refractivity contribution in [2.24, 2.45) is 0 Å². The smallest absolute Gasteiger partial charge is 0.162 e. The highest BCUT2D eigenvalue weighted by Crippen LogP contribution is 2.14. The fourth-order valence-corrected chi connectivity index (χ4v) is 1.18. The zero-order chi connectivity index (χ0) is 10.4. The topological polar surface area (TPSA) is 17.1 Å². The fraction of sp³-hybridized carbons (Fsp3) is 0.308. The molecule has 72 valence electrons. The zero-order valence-corrected chi connectivity index (χ0v) is 8.47. The van der Waals surface area contributed by atoms with E-state index in [0.717, 1.165) is 18.4 Å². The molecule has 0 heterocycles. The van der Waals surface area contributed by atoms with Crippen molar-refractivity contribution in [3.05, 3.63) is 42.5 Å². The predicted octanol–water partition coefficient (Wildman–Crippen LogP) is 3.06. The molecule has 1 heteroatoms. The van der Waals surface area contributed by atoms with Gasteiger partial charge in [-0.2, -0.15) is 0 Å². The first-order valence-corrected chi connectivity index (χ1v) is 4.86. The average molecular weight is 186 g/mol. The third kappa shape index (κ3) is 2.74. The molecule has 1 rings (SSSR count). The monoisotopic (exact) mass is 186 g/mol. The van der Waals surface area contributed by atoms with Crippen LogP contribution in [0, 0.1) is 12.1 Å². The van der Waals surface area contributed by atoms with Gasteiger partial charge < -0.3 is 0 Å². The maximum Gasteiger partial charge on any atom is 0.162 e. The Kier molecular flexibility index (Phi) is 3.94. The van der Waals surface area contributed by atoms with Crippen LogP contribution in [0.15, 0.2) is 24.8 Å². The van der Waals surface area contributed by atoms with E-state index in [0.29, 0.717) is 12.0 Å². The van der Waals surface area contributed by atoms with Crippen LogP contribution in [0.3, 0.4) is 0 Å². The standard InChI is InChI=1S/C13H14O/c1-3-4-10-13(14)11(2)12-8-6-5-7-9-12/h6,8-9H,2-4,10H2,1H3. The van der Waals surface area contributed by atoms with Gasteiger partial charge in [-0.05, 0) is 30.2 Å². The Morgan fingerprint density at radius 1 is 1.50 bits per heavy atom. The zero-order valence-electron chi connectivity index (χ0n) is 8.47. The third-order valence-electron chi connectivity index (χ3n) is 2.10. The molecule has 0 amide bonds. The Morgan fingerprint density at radius 3 is 2.86 bits per heavy atom. The Bertz CT molecular complexity index is 311. The molecule has 0 bridgehead atoms. The van der Waals surface area contributed by atoms with E-state index in [1.54, 1.807) is 12.1 Å². The molecule has 14 heavy (non-hydrogen) atoms. The number of hydrogen-bond donors (Lipinski definition) is 0. The van der Waals surface area contributed by atoms with Gasteiger partial charge in [0, 0.05) is 12.0 Å². The molecule has 0 aliphatic heterocycles. The molecule has 0 N–H and O–H groups in total. The maximum atomic E-state index is 11.6. The molecule has 0 unspecified atom stereocenters. The third-order valence-corrected chi connectivity index (χ3v) is 2.10. The molecule has 0 radical (unpaired) electrons. The van der Waals surface area contributed by atoms with Gasteiger partial charge in [0.05, 0.1) is 0 Å². The second-order valence-electron chi connectivity index (χ2n) is 3.23. The summed E-state index contributed by atoms with van der Waals surface area (Å²) < 4.78 is 0. The van der Waals surface area contributed by atoms with E-state index < -0.39 is 0 Å². The van der Waals surface area contributed by atoms with Crippen molar-refractivity contribution in [3.63, 3.8) is 0 Å². The first-order valence-electron chi connectivity index (χ1n) is 4.86. The van der Waals surface area contributed by atoms with E-state index in [-0.39, 0.29) is 5.78 Å². The van der Waals surface area contributed by atoms with Gasteiger partial charge >= 0.3 is 0 Å². The SMILES string of the molecule is C=C(C(=O)CCCC)c1cc#ccc1. The first-order chi connectivity index (χ1) is 6.75. The highest BCUT2D eigenvalue weighted by molar-refractivity contribution is 6.19. The summed E-state index contributed by atoms with van der Waals surface area (Å²) in [4.78, 5) is 11.6. The van der Waals surface area contributed by atoms with Crippen molar-refractivity contribution in [3.8, 4) is 0 Å². The number of unbranched alkanes of at least 4 members (excludes halogenated alkanes) is 1. The summed E-state index contributed by atoms with van der Waals surface area (Å²) >= 11 is 0. The van der Waals surface area contributed by atoms with Gasteiger partial charge in [-0.1, -0.05) is 32.1 Å². The Hall–Kier alpha value is -1.55. The number of allylic oxidation sites excluding steroid dienone is 1. The predicted molar refractivity (Wildman–Crippen MR) is 57.7 cm³/mol. The molecular weight excluding hydrogens is 172 g/mol. The van der Waals surface area contributed by atoms with Gasteiger partial charge in [-0.15, -0.1) is 0 Å². The minimum atomic E-state index is 0.131. The van der Waals surface area contributed by atoms with Gasteiger partial charge in [0.2, 0.25) is 0 Å². The van der Waals surface area contributed by atoms with Gasteiger partial charge in [0.1, 0.15) is 0 Å². The van der Waals surface area contributed by atoms with Crippen LogP contribution in [0.4, 0.5) is 0 Å². The van der Waals surface area contributed by atoms with Crippen molar-refractivity contribution in [2.75, 3.05) is 0 Å². The Balaban J connectivity index is 2.62. The molecule has 0 fully saturated rings. The van der Waals surface area contributed by atoms with E-state index in [9.17, 15) is 4.79 Å². The first kappa shape index (κ1) is 10.5. The van der Waals surface area contributed by atoms with E-state index in [2.05, 4.69) is 25.6 Å². The lowest BCUT2D eigenvalue weighted by Gasteiger charge is -2.02. The van der Waals surface area contributed by atoms with Crippen molar-refractivity contribution in [1.29, 1.82) is 0 Å². The molecule has 0 saturated heterocycles. The second-order valence-corrected chi connectivity index (χ2v) is 3.23. The molecular formula is C13H14O. The van der Waals surface area contributed by atoms with E-state index in [4.69, 9.17) is 0 Å². The molecule has 1 aromatic rings. The number of carbonyl (C=O) groups excluding carboxylic acids is 1. The summed E-state index contributed by atoms with van der Waals surface area (Å²) in [6, 6.07) is 10.9. The maximum absolute atomic E-state index is 11.6. The van der Waals surface area contributed by atoms with Crippen LogP contribution in [0.2, 0.25) is 0 Å². The highest BCUT2D eigenvalue weighted by Gasteiger charge is 2.07. The summed E-state index contributed by atoms with van der Waals surface area (Å²) in [5.41, 5.74) is 1.44. The molecule has 0 aliphatic rings. The molecule has 0 aliphatic carbocycles. The van der Waals surface area contributed by atoms with E-state index in [1.165, 1.54) is 0 Å². The molecule has 1 aromatic carbocycles. The summed E-state index contributed by atoms with van der Waals surface area (Å²) in [6.45, 7) is 5.87. The quantitative estimate of drug-likeness (QED) is 0.646. The number of Topliss-reactive ketones (excluding diaryl/α,β-unsaturated/α-hetero) is 1. The summed E-state index contributed by atoms with van der Waals surface area (Å²) in [5, 5.41) is 0. The molecule has 0 saturated carbocycles. The summed E-state index contributed by atoms with van der Waals surface area (Å²) in [7, 11) is 0. The molecule has 0 atom stereocenters. The van der Waals surface area contributed by atoms with E-state index in [1.807, 2.05) is 6.07 Å². The van der Waals surface area contributed by atoms with Crippen LogP contribution in [0.25, 0.3) is 5.57 Å². The van der Waals surface area contributed by atoms with Crippen LogP contribution >= 0.6 is 0 Å². The molecule has 0 spiro atoms. The lowest BCUT2D eigenvalue weighted by atomic mass is 10.0. The van der Waals surface area contributed by atoms with Gasteiger partial charge in [0.25, 0.3) is 0 Å². The number of carbonyl (C=O) groups is 1. The van der Waals surface area contributed by atoms with Gasteiger partial charge in [-0.25, -0.2) is 0 Å². The normalized spacial score (nSPS) is 9.21. The molecule has 1 nitrogen and oxygen atoms in total. The van der Waals surface area contributed by atoms with Crippen LogP contribution < -0.4 is 0 Å². The summed E-state index contributed by atoms with van der Waals surface area (Å²) in [6.07, 6.45) is 2.56. The van der Waals surface area contributed by atoms with Crippen LogP contribution in [0.5, 0.6) is 0 Å². The van der Waals surface area contributed by atoms with Crippen LogP contribution in [-0.2, 0) is 4.79 Å². The Morgan fingerprint density at radius 2 is 2.29 bits per heavy atom.